The Morgan fingerprint density at radius 2 is 2.20 bits per heavy atom. The van der Waals surface area contributed by atoms with E-state index in [2.05, 4.69) is 20.8 Å². The molecule has 0 aromatic carbocycles. The summed E-state index contributed by atoms with van der Waals surface area (Å²) in [4.78, 5) is 11.2. The number of nitrogens with zero attached hydrogens (tertiary/aromatic N) is 3. The van der Waals surface area contributed by atoms with Gasteiger partial charge in [-0.15, -0.1) is 10.2 Å². The van der Waals surface area contributed by atoms with Gasteiger partial charge in [0.1, 0.15) is 12.2 Å². The minimum atomic E-state index is -0.126. The van der Waals surface area contributed by atoms with Crippen molar-refractivity contribution in [1.29, 1.82) is 0 Å². The van der Waals surface area contributed by atoms with Crippen LogP contribution in [0.4, 0.5) is 4.79 Å². The molecule has 2 N–H and O–H groups in total. The van der Waals surface area contributed by atoms with Gasteiger partial charge in [-0.2, -0.15) is 0 Å². The van der Waals surface area contributed by atoms with Gasteiger partial charge in [0, 0.05) is 26.6 Å². The van der Waals surface area contributed by atoms with Crippen LogP contribution >= 0.6 is 0 Å². The Morgan fingerprint density at radius 1 is 1.47 bits per heavy atom. The average Bonchev–Trinajstić information content (AvgIpc) is 2.61. The number of urea groups is 1. The number of carbonyl (C=O) groups is 1. The van der Waals surface area contributed by atoms with Gasteiger partial charge in [0.25, 0.3) is 0 Å². The number of hydrogen-bond acceptors (Lipinski definition) is 3. The second-order valence-corrected chi connectivity index (χ2v) is 3.29. The molecule has 0 unspecified atom stereocenters. The third-order valence-corrected chi connectivity index (χ3v) is 1.97. The summed E-state index contributed by atoms with van der Waals surface area (Å²) in [5, 5.41) is 13.2. The molecular formula is C9H17N5O. The van der Waals surface area contributed by atoms with Crippen LogP contribution in [0, 0.1) is 0 Å². The molecule has 0 radical (unpaired) electrons. The van der Waals surface area contributed by atoms with Crippen LogP contribution in [0.3, 0.4) is 0 Å². The van der Waals surface area contributed by atoms with Gasteiger partial charge in [0.2, 0.25) is 0 Å². The van der Waals surface area contributed by atoms with Gasteiger partial charge in [-0.05, 0) is 6.42 Å². The summed E-state index contributed by atoms with van der Waals surface area (Å²) >= 11 is 0. The average molecular weight is 211 g/mol. The van der Waals surface area contributed by atoms with Gasteiger partial charge >= 0.3 is 6.03 Å². The van der Waals surface area contributed by atoms with E-state index >= 15 is 0 Å². The van der Waals surface area contributed by atoms with Crippen LogP contribution in [-0.2, 0) is 13.5 Å². The fourth-order valence-electron chi connectivity index (χ4n) is 1.12. The van der Waals surface area contributed by atoms with Crippen LogP contribution in [0.1, 0.15) is 19.2 Å². The smallest absolute Gasteiger partial charge is 0.314 e. The molecule has 6 nitrogen and oxygen atoms in total. The fraction of sp³-hybridized carbons (Fsp3) is 0.667. The van der Waals surface area contributed by atoms with E-state index in [1.807, 2.05) is 18.5 Å². The molecule has 2 amide bonds. The van der Waals surface area contributed by atoms with Crippen LogP contribution in [0.5, 0.6) is 0 Å². The van der Waals surface area contributed by atoms with Crippen molar-refractivity contribution in [2.75, 3.05) is 13.1 Å². The van der Waals surface area contributed by atoms with Crippen molar-refractivity contribution >= 4 is 6.03 Å². The van der Waals surface area contributed by atoms with Crippen LogP contribution < -0.4 is 10.6 Å². The van der Waals surface area contributed by atoms with Gasteiger partial charge < -0.3 is 15.2 Å². The Balaban J connectivity index is 2.16. The predicted molar refractivity (Wildman–Crippen MR) is 56.4 cm³/mol. The molecule has 0 aliphatic carbocycles. The molecule has 0 bridgehead atoms. The molecule has 6 heteroatoms. The maximum absolute atomic E-state index is 11.2. The zero-order valence-corrected chi connectivity index (χ0v) is 9.16. The molecule has 0 fully saturated rings. The number of amides is 2. The first-order valence-electron chi connectivity index (χ1n) is 5.08. The van der Waals surface area contributed by atoms with E-state index in [0.717, 1.165) is 12.2 Å². The summed E-state index contributed by atoms with van der Waals surface area (Å²) in [6.45, 7) is 3.29. The van der Waals surface area contributed by atoms with Crippen molar-refractivity contribution in [1.82, 2.24) is 25.4 Å². The van der Waals surface area contributed by atoms with E-state index in [1.165, 1.54) is 0 Å². The second kappa shape index (κ2) is 6.00. The molecule has 0 saturated heterocycles. The van der Waals surface area contributed by atoms with Crippen molar-refractivity contribution < 1.29 is 4.79 Å². The minimum absolute atomic E-state index is 0.126. The zero-order chi connectivity index (χ0) is 11.1. The van der Waals surface area contributed by atoms with Gasteiger partial charge in [0.15, 0.2) is 0 Å². The lowest BCUT2D eigenvalue weighted by Gasteiger charge is -2.05. The largest absolute Gasteiger partial charge is 0.338 e. The number of nitrogens with one attached hydrogen (secondary N) is 2. The number of aromatic nitrogens is 3. The zero-order valence-electron chi connectivity index (χ0n) is 9.16. The highest BCUT2D eigenvalue weighted by Gasteiger charge is 2.01. The Hall–Kier alpha value is -1.59. The molecule has 1 aromatic rings. The molecule has 0 aliphatic heterocycles. The van der Waals surface area contributed by atoms with Gasteiger partial charge in [-0.25, -0.2) is 4.79 Å². The van der Waals surface area contributed by atoms with Crippen molar-refractivity contribution in [3.05, 3.63) is 12.2 Å². The van der Waals surface area contributed by atoms with Crippen LogP contribution in [0.15, 0.2) is 6.33 Å². The summed E-state index contributed by atoms with van der Waals surface area (Å²) in [5.74, 6) is 0.866. The Morgan fingerprint density at radius 3 is 2.80 bits per heavy atom. The molecule has 0 spiro atoms. The Labute approximate surface area is 89.1 Å². The molecule has 1 aromatic heterocycles. The lowest BCUT2D eigenvalue weighted by atomic mass is 10.4. The maximum atomic E-state index is 11.2. The molecule has 0 aliphatic rings. The first kappa shape index (κ1) is 11.5. The normalized spacial score (nSPS) is 10.0. The van der Waals surface area contributed by atoms with Crippen molar-refractivity contribution in [3.63, 3.8) is 0 Å². The summed E-state index contributed by atoms with van der Waals surface area (Å²) < 4.78 is 1.84. The van der Waals surface area contributed by atoms with Crippen molar-refractivity contribution in [2.24, 2.45) is 7.05 Å². The van der Waals surface area contributed by atoms with Gasteiger partial charge in [-0.3, -0.25) is 0 Å². The Bertz CT molecular complexity index is 309. The van der Waals surface area contributed by atoms with Crippen molar-refractivity contribution in [3.8, 4) is 0 Å². The molecule has 1 rings (SSSR count). The van der Waals surface area contributed by atoms with Gasteiger partial charge in [-0.1, -0.05) is 6.92 Å². The highest BCUT2D eigenvalue weighted by atomic mass is 16.2. The quantitative estimate of drug-likeness (QED) is 0.723. The fourth-order valence-corrected chi connectivity index (χ4v) is 1.12. The first-order valence-corrected chi connectivity index (χ1v) is 5.08. The molecule has 0 atom stereocenters. The van der Waals surface area contributed by atoms with E-state index in [9.17, 15) is 4.79 Å². The third kappa shape index (κ3) is 3.97. The number of rotatable bonds is 5. The topological polar surface area (TPSA) is 71.8 Å². The first-order chi connectivity index (χ1) is 7.24. The lowest BCUT2D eigenvalue weighted by Crippen LogP contribution is -2.37. The highest BCUT2D eigenvalue weighted by molar-refractivity contribution is 5.73. The van der Waals surface area contributed by atoms with E-state index in [4.69, 9.17) is 0 Å². The van der Waals surface area contributed by atoms with Gasteiger partial charge in [0.05, 0.1) is 0 Å². The third-order valence-electron chi connectivity index (χ3n) is 1.97. The van der Waals surface area contributed by atoms with E-state index in [-0.39, 0.29) is 6.03 Å². The van der Waals surface area contributed by atoms with E-state index < -0.39 is 0 Å². The summed E-state index contributed by atoms with van der Waals surface area (Å²) in [5.41, 5.74) is 0. The molecule has 0 saturated carbocycles. The maximum Gasteiger partial charge on any atom is 0.314 e. The minimum Gasteiger partial charge on any atom is -0.338 e. The second-order valence-electron chi connectivity index (χ2n) is 3.29. The monoisotopic (exact) mass is 211 g/mol. The van der Waals surface area contributed by atoms with Crippen LogP contribution in [-0.4, -0.2) is 33.9 Å². The van der Waals surface area contributed by atoms with Crippen LogP contribution in [0.25, 0.3) is 0 Å². The highest BCUT2D eigenvalue weighted by Crippen LogP contribution is 1.90. The SMILES string of the molecule is CCCNC(=O)NCCc1nncn1C. The molecular weight excluding hydrogens is 194 g/mol. The van der Waals surface area contributed by atoms with Crippen LogP contribution in [0.2, 0.25) is 0 Å². The molecule has 1 heterocycles. The number of aryl methyl sites for hydroxylation is 1. The lowest BCUT2D eigenvalue weighted by molar-refractivity contribution is 0.241. The number of carbonyl (C=O) groups excluding carboxylic acids is 1. The van der Waals surface area contributed by atoms with E-state index in [0.29, 0.717) is 19.5 Å². The van der Waals surface area contributed by atoms with E-state index in [1.54, 1.807) is 6.33 Å². The molecule has 15 heavy (non-hydrogen) atoms. The standard InChI is InChI=1S/C9H17N5O/c1-3-5-10-9(15)11-6-4-8-13-12-7-14(8)2/h7H,3-6H2,1-2H3,(H2,10,11,15). The number of hydrogen-bond donors (Lipinski definition) is 2. The predicted octanol–water partition coefficient (Wildman–Crippen LogP) is 0.0668. The summed E-state index contributed by atoms with van der Waals surface area (Å²) in [6.07, 6.45) is 3.28. The summed E-state index contributed by atoms with van der Waals surface area (Å²) in [6, 6.07) is -0.126. The summed E-state index contributed by atoms with van der Waals surface area (Å²) in [7, 11) is 1.88. The molecule has 84 valence electrons. The van der Waals surface area contributed by atoms with Crippen molar-refractivity contribution in [2.45, 2.75) is 19.8 Å². The Kier molecular flexibility index (Phi) is 4.59.